The number of pyridine rings is 1. The smallest absolute Gasteiger partial charge is 0.131 e. The molecule has 0 bridgehead atoms. The number of anilines is 1. The molecule has 0 unspecified atom stereocenters. The first-order valence-corrected chi connectivity index (χ1v) is 6.91. The zero-order valence-electron chi connectivity index (χ0n) is 10.9. The zero-order valence-corrected chi connectivity index (χ0v) is 11.6. The van der Waals surface area contributed by atoms with Gasteiger partial charge in [-0.1, -0.05) is 29.8 Å². The summed E-state index contributed by atoms with van der Waals surface area (Å²) < 4.78 is 12.9. The van der Waals surface area contributed by atoms with Crippen molar-refractivity contribution in [3.8, 4) is 0 Å². The summed E-state index contributed by atoms with van der Waals surface area (Å²) in [7, 11) is 0. The van der Waals surface area contributed by atoms with Gasteiger partial charge < -0.3 is 4.90 Å². The van der Waals surface area contributed by atoms with Crippen molar-refractivity contribution < 1.29 is 4.39 Å². The normalized spacial score (nSPS) is 15.1. The first-order chi connectivity index (χ1) is 9.72. The van der Waals surface area contributed by atoms with Crippen molar-refractivity contribution >= 4 is 22.9 Å². The third kappa shape index (κ3) is 2.83. The number of hydrogen-bond acceptors (Lipinski definition) is 2. The maximum Gasteiger partial charge on any atom is 0.131 e. The molecule has 1 aliphatic rings. The van der Waals surface area contributed by atoms with Gasteiger partial charge in [-0.2, -0.15) is 0 Å². The van der Waals surface area contributed by atoms with Gasteiger partial charge in [0.2, 0.25) is 0 Å². The van der Waals surface area contributed by atoms with Crippen LogP contribution in [0.1, 0.15) is 12.0 Å². The second kappa shape index (κ2) is 5.63. The summed E-state index contributed by atoms with van der Waals surface area (Å²) in [4.78, 5) is 6.24. The van der Waals surface area contributed by atoms with Gasteiger partial charge in [0, 0.05) is 25.0 Å². The summed E-state index contributed by atoms with van der Waals surface area (Å²) in [5.41, 5.74) is 3.44. The summed E-state index contributed by atoms with van der Waals surface area (Å²) in [6.45, 7) is 1.75. The Balaban J connectivity index is 1.76. The fourth-order valence-electron chi connectivity index (χ4n) is 2.42. The summed E-state index contributed by atoms with van der Waals surface area (Å²) in [6.07, 6.45) is 4.84. The highest BCUT2D eigenvalue weighted by molar-refractivity contribution is 6.29. The average Bonchev–Trinajstić information content (AvgIpc) is 2.48. The predicted molar refractivity (Wildman–Crippen MR) is 80.5 cm³/mol. The number of aromatic nitrogens is 1. The molecule has 1 aromatic carbocycles. The number of hydrogen-bond donors (Lipinski definition) is 0. The van der Waals surface area contributed by atoms with Crippen molar-refractivity contribution in [2.45, 2.75) is 6.42 Å². The molecule has 2 nitrogen and oxygen atoms in total. The SMILES string of the molecule is Fc1ccc(C2=CCN(c3ccnc(Cl)c3)CC2)cc1. The van der Waals surface area contributed by atoms with E-state index < -0.39 is 0 Å². The standard InChI is InChI=1S/C16H14ClFN2/c17-16-11-15(5-8-19-16)20-9-6-13(7-10-20)12-1-3-14(18)4-2-12/h1-6,8,11H,7,9-10H2. The lowest BCUT2D eigenvalue weighted by molar-refractivity contribution is 0.627. The monoisotopic (exact) mass is 288 g/mol. The van der Waals surface area contributed by atoms with E-state index in [-0.39, 0.29) is 5.82 Å². The average molecular weight is 289 g/mol. The molecule has 0 saturated heterocycles. The minimum Gasteiger partial charge on any atom is -0.367 e. The van der Waals surface area contributed by atoms with Crippen LogP contribution in [0.5, 0.6) is 0 Å². The van der Waals surface area contributed by atoms with Gasteiger partial charge in [0.25, 0.3) is 0 Å². The molecule has 3 rings (SSSR count). The molecule has 0 radical (unpaired) electrons. The minimum atomic E-state index is -0.196. The number of nitrogens with zero attached hydrogens (tertiary/aromatic N) is 2. The van der Waals surface area contributed by atoms with Gasteiger partial charge >= 0.3 is 0 Å². The van der Waals surface area contributed by atoms with E-state index in [1.165, 1.54) is 17.7 Å². The molecule has 20 heavy (non-hydrogen) atoms. The molecule has 0 atom stereocenters. The van der Waals surface area contributed by atoms with Gasteiger partial charge in [-0.05, 0) is 41.8 Å². The second-order valence-electron chi connectivity index (χ2n) is 4.77. The van der Waals surface area contributed by atoms with Gasteiger partial charge in [-0.25, -0.2) is 9.37 Å². The highest BCUT2D eigenvalue weighted by Gasteiger charge is 2.13. The number of rotatable bonds is 2. The highest BCUT2D eigenvalue weighted by atomic mass is 35.5. The predicted octanol–water partition coefficient (Wildman–Crippen LogP) is 4.17. The van der Waals surface area contributed by atoms with Crippen LogP contribution < -0.4 is 4.90 Å². The molecule has 1 aromatic heterocycles. The molecule has 2 aromatic rings. The lowest BCUT2D eigenvalue weighted by Crippen LogP contribution is -2.28. The van der Waals surface area contributed by atoms with E-state index >= 15 is 0 Å². The van der Waals surface area contributed by atoms with Crippen LogP contribution in [-0.4, -0.2) is 18.1 Å². The first-order valence-electron chi connectivity index (χ1n) is 6.54. The van der Waals surface area contributed by atoms with E-state index in [1.807, 2.05) is 24.3 Å². The van der Waals surface area contributed by atoms with Crippen molar-refractivity contribution in [1.29, 1.82) is 0 Å². The van der Waals surface area contributed by atoms with Gasteiger partial charge in [-0.15, -0.1) is 0 Å². The van der Waals surface area contributed by atoms with Gasteiger partial charge in [0.15, 0.2) is 0 Å². The quantitative estimate of drug-likeness (QED) is 0.771. The summed E-state index contributed by atoms with van der Waals surface area (Å²) in [5, 5.41) is 0.510. The van der Waals surface area contributed by atoms with Crippen LogP contribution in [0, 0.1) is 5.82 Å². The summed E-state index contributed by atoms with van der Waals surface area (Å²) >= 11 is 5.91. The van der Waals surface area contributed by atoms with Crippen LogP contribution in [0.4, 0.5) is 10.1 Å². The van der Waals surface area contributed by atoms with Gasteiger partial charge in [0.1, 0.15) is 11.0 Å². The van der Waals surface area contributed by atoms with E-state index in [4.69, 9.17) is 11.6 Å². The Morgan fingerprint density at radius 2 is 1.95 bits per heavy atom. The molecule has 0 fully saturated rings. The van der Waals surface area contributed by atoms with Crippen molar-refractivity contribution in [2.75, 3.05) is 18.0 Å². The molecular formula is C16H14ClFN2. The van der Waals surface area contributed by atoms with Gasteiger partial charge in [0.05, 0.1) is 0 Å². The molecular weight excluding hydrogens is 275 g/mol. The minimum absolute atomic E-state index is 0.196. The topological polar surface area (TPSA) is 16.1 Å². The fourth-order valence-corrected chi connectivity index (χ4v) is 2.59. The third-order valence-corrected chi connectivity index (χ3v) is 3.71. The second-order valence-corrected chi connectivity index (χ2v) is 5.16. The van der Waals surface area contributed by atoms with E-state index in [0.29, 0.717) is 5.15 Å². The Kier molecular flexibility index (Phi) is 3.70. The zero-order chi connectivity index (χ0) is 13.9. The molecule has 102 valence electrons. The van der Waals surface area contributed by atoms with Crippen molar-refractivity contribution in [2.24, 2.45) is 0 Å². The molecule has 4 heteroatoms. The van der Waals surface area contributed by atoms with Crippen LogP contribution in [-0.2, 0) is 0 Å². The molecule has 2 heterocycles. The van der Waals surface area contributed by atoms with E-state index in [1.54, 1.807) is 6.20 Å². The Hall–Kier alpha value is -1.87. The Labute approximate surface area is 122 Å². The van der Waals surface area contributed by atoms with Crippen LogP contribution in [0.15, 0.2) is 48.7 Å². The molecule has 0 saturated carbocycles. The third-order valence-electron chi connectivity index (χ3n) is 3.50. The largest absolute Gasteiger partial charge is 0.367 e. The molecule has 0 amide bonds. The van der Waals surface area contributed by atoms with Gasteiger partial charge in [-0.3, -0.25) is 0 Å². The summed E-state index contributed by atoms with van der Waals surface area (Å²) in [6, 6.07) is 10.5. The van der Waals surface area contributed by atoms with E-state index in [2.05, 4.69) is 16.0 Å². The number of benzene rings is 1. The maximum atomic E-state index is 12.9. The van der Waals surface area contributed by atoms with Crippen molar-refractivity contribution in [3.05, 3.63) is 65.2 Å². The van der Waals surface area contributed by atoms with Crippen molar-refractivity contribution in [3.63, 3.8) is 0 Å². The lowest BCUT2D eigenvalue weighted by Gasteiger charge is -2.28. The molecule has 0 aliphatic carbocycles. The van der Waals surface area contributed by atoms with E-state index in [9.17, 15) is 4.39 Å². The summed E-state index contributed by atoms with van der Waals surface area (Å²) in [5.74, 6) is -0.196. The van der Waals surface area contributed by atoms with Crippen LogP contribution >= 0.6 is 11.6 Å². The number of halogens is 2. The van der Waals surface area contributed by atoms with Crippen molar-refractivity contribution in [1.82, 2.24) is 4.98 Å². The van der Waals surface area contributed by atoms with Crippen LogP contribution in [0.2, 0.25) is 5.15 Å². The van der Waals surface area contributed by atoms with Crippen LogP contribution in [0.25, 0.3) is 5.57 Å². The first kappa shape index (κ1) is 13.1. The highest BCUT2D eigenvalue weighted by Crippen LogP contribution is 2.26. The fraction of sp³-hybridized carbons (Fsp3) is 0.188. The Morgan fingerprint density at radius 1 is 1.15 bits per heavy atom. The van der Waals surface area contributed by atoms with Crippen LogP contribution in [0.3, 0.4) is 0 Å². The molecule has 1 aliphatic heterocycles. The molecule has 0 N–H and O–H groups in total. The van der Waals surface area contributed by atoms with E-state index in [0.717, 1.165) is 30.8 Å². The molecule has 0 spiro atoms. The Bertz CT molecular complexity index is 637. The maximum absolute atomic E-state index is 12.9. The lowest BCUT2D eigenvalue weighted by atomic mass is 9.99. The Morgan fingerprint density at radius 3 is 2.60 bits per heavy atom.